The van der Waals surface area contributed by atoms with Gasteiger partial charge in [0.2, 0.25) is 0 Å². The first-order valence-electron chi connectivity index (χ1n) is 8.49. The van der Waals surface area contributed by atoms with Gasteiger partial charge < -0.3 is 15.8 Å². The highest BCUT2D eigenvalue weighted by Gasteiger charge is 2.17. The van der Waals surface area contributed by atoms with E-state index in [2.05, 4.69) is 10.4 Å². The van der Waals surface area contributed by atoms with Crippen LogP contribution in [0.15, 0.2) is 54.7 Å². The minimum Gasteiger partial charge on any atom is -0.462 e. The monoisotopic (exact) mass is 364 g/mol. The van der Waals surface area contributed by atoms with E-state index < -0.39 is 5.97 Å². The molecule has 2 aromatic carbocycles. The summed E-state index contributed by atoms with van der Waals surface area (Å²) in [6.45, 7) is 3.91. The van der Waals surface area contributed by atoms with Gasteiger partial charge in [0.25, 0.3) is 5.91 Å². The van der Waals surface area contributed by atoms with Crippen LogP contribution in [0.4, 0.5) is 11.5 Å². The van der Waals surface area contributed by atoms with Gasteiger partial charge in [-0.25, -0.2) is 9.48 Å². The molecule has 0 fully saturated rings. The second kappa shape index (κ2) is 7.74. The van der Waals surface area contributed by atoms with Crippen LogP contribution in [0.25, 0.3) is 5.69 Å². The molecule has 0 aliphatic rings. The Labute approximate surface area is 156 Å². The minimum absolute atomic E-state index is 0.186. The molecule has 0 bridgehead atoms. The maximum Gasteiger partial charge on any atom is 0.343 e. The number of hydrogen-bond donors (Lipinski definition) is 2. The number of benzene rings is 2. The van der Waals surface area contributed by atoms with Gasteiger partial charge in [-0.3, -0.25) is 4.79 Å². The Hall–Kier alpha value is -3.61. The normalized spacial score (nSPS) is 10.4. The number of carbonyl (C=O) groups excluding carboxylic acids is 2. The molecule has 0 unspecified atom stereocenters. The molecule has 3 aromatic rings. The lowest BCUT2D eigenvalue weighted by molar-refractivity contribution is 0.0527. The molecule has 0 saturated carbocycles. The lowest BCUT2D eigenvalue weighted by Crippen LogP contribution is -2.13. The average Bonchev–Trinajstić information content (AvgIpc) is 3.05. The molecule has 3 N–H and O–H groups in total. The van der Waals surface area contributed by atoms with Crippen molar-refractivity contribution in [2.75, 3.05) is 17.7 Å². The molecule has 27 heavy (non-hydrogen) atoms. The van der Waals surface area contributed by atoms with Gasteiger partial charge in [0, 0.05) is 11.3 Å². The van der Waals surface area contributed by atoms with E-state index in [4.69, 9.17) is 10.5 Å². The number of nitrogens with zero attached hydrogens (tertiary/aromatic N) is 2. The van der Waals surface area contributed by atoms with Gasteiger partial charge in [-0.1, -0.05) is 18.2 Å². The zero-order valence-corrected chi connectivity index (χ0v) is 15.1. The number of aryl methyl sites for hydroxylation is 1. The lowest BCUT2D eigenvalue weighted by Gasteiger charge is -2.09. The topological polar surface area (TPSA) is 99.2 Å². The van der Waals surface area contributed by atoms with Crippen LogP contribution in [-0.4, -0.2) is 28.3 Å². The molecule has 0 aliphatic carbocycles. The first kappa shape index (κ1) is 18.2. The van der Waals surface area contributed by atoms with Crippen molar-refractivity contribution in [1.82, 2.24) is 9.78 Å². The number of anilines is 2. The molecule has 0 aliphatic heterocycles. The van der Waals surface area contributed by atoms with E-state index in [1.807, 2.05) is 31.2 Å². The fraction of sp³-hybridized carbons (Fsp3) is 0.150. The number of amides is 1. The Morgan fingerprint density at radius 3 is 2.52 bits per heavy atom. The van der Waals surface area contributed by atoms with Crippen molar-refractivity contribution in [1.29, 1.82) is 0 Å². The summed E-state index contributed by atoms with van der Waals surface area (Å²) in [4.78, 5) is 24.3. The number of aromatic nitrogens is 2. The molecule has 0 spiro atoms. The SMILES string of the molecule is CCOC(=O)c1cnn(-c2ccc(C(=O)Nc3ccccc3C)cc2)c1N. The number of nitrogens with two attached hydrogens (primary N) is 1. The van der Waals surface area contributed by atoms with Gasteiger partial charge in [0.15, 0.2) is 0 Å². The molecule has 1 heterocycles. The number of nitrogens with one attached hydrogen (secondary N) is 1. The van der Waals surface area contributed by atoms with Crippen molar-refractivity contribution < 1.29 is 14.3 Å². The maximum absolute atomic E-state index is 12.4. The fourth-order valence-electron chi connectivity index (χ4n) is 2.59. The van der Waals surface area contributed by atoms with Gasteiger partial charge in [0.1, 0.15) is 11.4 Å². The quantitative estimate of drug-likeness (QED) is 0.677. The molecular formula is C20H20N4O3. The number of ether oxygens (including phenoxy) is 1. The summed E-state index contributed by atoms with van der Waals surface area (Å²) in [6, 6.07) is 14.3. The van der Waals surface area contributed by atoms with Crippen molar-refractivity contribution in [3.63, 3.8) is 0 Å². The number of para-hydroxylation sites is 1. The average molecular weight is 364 g/mol. The van der Waals surface area contributed by atoms with E-state index >= 15 is 0 Å². The highest BCUT2D eigenvalue weighted by molar-refractivity contribution is 6.04. The third-order valence-electron chi connectivity index (χ3n) is 4.07. The first-order chi connectivity index (χ1) is 13.0. The predicted molar refractivity (Wildman–Crippen MR) is 103 cm³/mol. The predicted octanol–water partition coefficient (Wildman–Crippen LogP) is 3.19. The van der Waals surface area contributed by atoms with Gasteiger partial charge >= 0.3 is 5.97 Å². The van der Waals surface area contributed by atoms with Gasteiger partial charge in [-0.05, 0) is 49.7 Å². The van der Waals surface area contributed by atoms with E-state index in [-0.39, 0.29) is 23.9 Å². The van der Waals surface area contributed by atoms with Crippen LogP contribution in [0.2, 0.25) is 0 Å². The molecule has 1 amide bonds. The summed E-state index contributed by atoms with van der Waals surface area (Å²) in [5.74, 6) is -0.544. The molecule has 0 radical (unpaired) electrons. The van der Waals surface area contributed by atoms with Gasteiger partial charge in [0.05, 0.1) is 18.5 Å². The van der Waals surface area contributed by atoms with Crippen molar-refractivity contribution in [2.24, 2.45) is 0 Å². The second-order valence-corrected chi connectivity index (χ2v) is 5.89. The third-order valence-corrected chi connectivity index (χ3v) is 4.07. The summed E-state index contributed by atoms with van der Waals surface area (Å²) >= 11 is 0. The highest BCUT2D eigenvalue weighted by atomic mass is 16.5. The van der Waals surface area contributed by atoms with Crippen molar-refractivity contribution in [3.05, 3.63) is 71.4 Å². The van der Waals surface area contributed by atoms with Crippen LogP contribution in [0.3, 0.4) is 0 Å². The molecule has 1 aromatic heterocycles. The zero-order chi connectivity index (χ0) is 19.4. The van der Waals surface area contributed by atoms with Crippen molar-refractivity contribution in [3.8, 4) is 5.69 Å². The minimum atomic E-state index is -0.518. The third kappa shape index (κ3) is 3.82. The van der Waals surface area contributed by atoms with Gasteiger partial charge in [-0.15, -0.1) is 0 Å². The van der Waals surface area contributed by atoms with Crippen molar-refractivity contribution in [2.45, 2.75) is 13.8 Å². The summed E-state index contributed by atoms with van der Waals surface area (Å²) in [5.41, 5.74) is 9.09. The Morgan fingerprint density at radius 2 is 1.85 bits per heavy atom. The van der Waals surface area contributed by atoms with Crippen LogP contribution < -0.4 is 11.1 Å². The largest absolute Gasteiger partial charge is 0.462 e. The van der Waals surface area contributed by atoms with E-state index in [0.29, 0.717) is 11.3 Å². The van der Waals surface area contributed by atoms with Gasteiger partial charge in [-0.2, -0.15) is 5.10 Å². The number of hydrogen-bond acceptors (Lipinski definition) is 5. The summed E-state index contributed by atoms with van der Waals surface area (Å²) in [7, 11) is 0. The molecule has 0 atom stereocenters. The Kier molecular flexibility index (Phi) is 5.21. The fourth-order valence-corrected chi connectivity index (χ4v) is 2.59. The zero-order valence-electron chi connectivity index (χ0n) is 15.1. The molecule has 3 rings (SSSR count). The maximum atomic E-state index is 12.4. The van der Waals surface area contributed by atoms with Crippen LogP contribution in [0.1, 0.15) is 33.2 Å². The summed E-state index contributed by atoms with van der Waals surface area (Å²) in [6.07, 6.45) is 1.37. The number of esters is 1. The molecule has 0 saturated heterocycles. The molecule has 7 heteroatoms. The van der Waals surface area contributed by atoms with E-state index in [1.54, 1.807) is 31.2 Å². The smallest absolute Gasteiger partial charge is 0.343 e. The Bertz CT molecular complexity index is 977. The van der Waals surface area contributed by atoms with Crippen molar-refractivity contribution >= 4 is 23.4 Å². The van der Waals surface area contributed by atoms with E-state index in [1.165, 1.54) is 10.9 Å². The van der Waals surface area contributed by atoms with E-state index in [9.17, 15) is 9.59 Å². The van der Waals surface area contributed by atoms with Crippen LogP contribution >= 0.6 is 0 Å². The molecular weight excluding hydrogens is 344 g/mol. The van der Waals surface area contributed by atoms with E-state index in [0.717, 1.165) is 11.3 Å². The van der Waals surface area contributed by atoms with Crippen LogP contribution in [-0.2, 0) is 4.74 Å². The standard InChI is InChI=1S/C20H20N4O3/c1-3-27-20(26)16-12-22-24(18(16)21)15-10-8-14(9-11-15)19(25)23-17-7-5-4-6-13(17)2/h4-12H,3,21H2,1-2H3,(H,23,25). The highest BCUT2D eigenvalue weighted by Crippen LogP contribution is 2.19. The first-order valence-corrected chi connectivity index (χ1v) is 8.49. The number of nitrogen functional groups attached to an aromatic ring is 1. The van der Waals surface area contributed by atoms with Crippen LogP contribution in [0.5, 0.6) is 0 Å². The summed E-state index contributed by atoms with van der Waals surface area (Å²) < 4.78 is 6.38. The number of carbonyl (C=O) groups is 2. The Balaban J connectivity index is 1.79. The van der Waals surface area contributed by atoms with Crippen LogP contribution in [0, 0.1) is 6.92 Å². The number of rotatable bonds is 5. The second-order valence-electron chi connectivity index (χ2n) is 5.89. The molecule has 7 nitrogen and oxygen atoms in total. The lowest BCUT2D eigenvalue weighted by atomic mass is 10.1. The summed E-state index contributed by atoms with van der Waals surface area (Å²) in [5, 5.41) is 7.02. The Morgan fingerprint density at radius 1 is 1.15 bits per heavy atom. The molecule has 138 valence electrons.